The summed E-state index contributed by atoms with van der Waals surface area (Å²) in [5.41, 5.74) is 0.449. The van der Waals surface area contributed by atoms with Gasteiger partial charge >= 0.3 is 0 Å². The Kier molecular flexibility index (Phi) is 5.95. The zero-order valence-electron chi connectivity index (χ0n) is 14.6. The van der Waals surface area contributed by atoms with Crippen LogP contribution in [0.4, 0.5) is 0 Å². The molecule has 3 rings (SSSR count). The number of benzene rings is 2. The van der Waals surface area contributed by atoms with Crippen LogP contribution in [-0.2, 0) is 10.0 Å². The summed E-state index contributed by atoms with van der Waals surface area (Å²) in [6.07, 6.45) is 0. The first-order valence-electron chi connectivity index (χ1n) is 8.22. The largest absolute Gasteiger partial charge is 0.496 e. The van der Waals surface area contributed by atoms with E-state index in [4.69, 9.17) is 27.9 Å². The Labute approximate surface area is 168 Å². The molecule has 27 heavy (non-hydrogen) atoms. The highest BCUT2D eigenvalue weighted by atomic mass is 35.5. The van der Waals surface area contributed by atoms with Gasteiger partial charge in [-0.3, -0.25) is 4.79 Å². The molecule has 0 unspecified atom stereocenters. The van der Waals surface area contributed by atoms with Gasteiger partial charge in [-0.15, -0.1) is 0 Å². The normalized spacial score (nSPS) is 15.6. The molecule has 2 aromatic rings. The maximum atomic E-state index is 12.9. The third-order valence-corrected chi connectivity index (χ3v) is 7.23. The van der Waals surface area contributed by atoms with Gasteiger partial charge in [0.1, 0.15) is 10.6 Å². The van der Waals surface area contributed by atoms with Crippen LogP contribution in [0.2, 0.25) is 10.0 Å². The highest BCUT2D eigenvalue weighted by Crippen LogP contribution is 2.32. The number of carbonyl (C=O) groups is 1. The molecule has 0 saturated carbocycles. The van der Waals surface area contributed by atoms with Gasteiger partial charge in [-0.1, -0.05) is 41.4 Å². The fraction of sp³-hybridized carbons (Fsp3) is 0.278. The first-order chi connectivity index (χ1) is 12.9. The van der Waals surface area contributed by atoms with Crippen LogP contribution in [0.5, 0.6) is 5.75 Å². The van der Waals surface area contributed by atoms with Gasteiger partial charge in [-0.05, 0) is 24.3 Å². The summed E-state index contributed by atoms with van der Waals surface area (Å²) in [4.78, 5) is 14.3. The zero-order chi connectivity index (χ0) is 19.6. The maximum absolute atomic E-state index is 12.9. The van der Waals surface area contributed by atoms with Crippen molar-refractivity contribution >= 4 is 39.1 Å². The molecule has 0 spiro atoms. The molecule has 2 aromatic carbocycles. The lowest BCUT2D eigenvalue weighted by Crippen LogP contribution is -2.50. The third-order valence-electron chi connectivity index (χ3n) is 4.38. The quantitative estimate of drug-likeness (QED) is 0.749. The van der Waals surface area contributed by atoms with Crippen LogP contribution in [0.1, 0.15) is 10.4 Å². The highest BCUT2D eigenvalue weighted by molar-refractivity contribution is 7.89. The van der Waals surface area contributed by atoms with E-state index in [9.17, 15) is 13.2 Å². The van der Waals surface area contributed by atoms with Crippen LogP contribution in [0.3, 0.4) is 0 Å². The summed E-state index contributed by atoms with van der Waals surface area (Å²) in [7, 11) is -2.34. The van der Waals surface area contributed by atoms with Crippen molar-refractivity contribution < 1.29 is 17.9 Å². The molecular weight excluding hydrogens is 411 g/mol. The van der Waals surface area contributed by atoms with Crippen molar-refractivity contribution in [3.05, 3.63) is 58.1 Å². The zero-order valence-corrected chi connectivity index (χ0v) is 16.9. The standard InChI is InChI=1S/C18H18Cl2N2O4S/c1-26-16-8-3-2-5-13(16)18(23)21-9-11-22(12-10-21)27(24,25)17-14(19)6-4-7-15(17)20/h2-8H,9-12H2,1H3. The number of sulfonamides is 1. The van der Waals surface area contributed by atoms with Crippen molar-refractivity contribution in [2.45, 2.75) is 4.90 Å². The third kappa shape index (κ3) is 3.91. The second-order valence-electron chi connectivity index (χ2n) is 5.95. The van der Waals surface area contributed by atoms with E-state index in [-0.39, 0.29) is 47.0 Å². The Morgan fingerprint density at radius 2 is 1.56 bits per heavy atom. The minimum absolute atomic E-state index is 0.0787. The summed E-state index contributed by atoms with van der Waals surface area (Å²) in [5, 5.41) is 0.157. The minimum Gasteiger partial charge on any atom is -0.496 e. The molecular formula is C18H18Cl2N2O4S. The van der Waals surface area contributed by atoms with Gasteiger partial charge in [0.2, 0.25) is 10.0 Å². The monoisotopic (exact) mass is 428 g/mol. The SMILES string of the molecule is COc1ccccc1C(=O)N1CCN(S(=O)(=O)c2c(Cl)cccc2Cl)CC1. The van der Waals surface area contributed by atoms with Crippen LogP contribution >= 0.6 is 23.2 Å². The second-order valence-corrected chi connectivity index (χ2v) is 8.64. The van der Waals surface area contributed by atoms with E-state index >= 15 is 0 Å². The number of methoxy groups -OCH3 is 1. The van der Waals surface area contributed by atoms with Crippen LogP contribution in [0.25, 0.3) is 0 Å². The van der Waals surface area contributed by atoms with E-state index in [0.717, 1.165) is 0 Å². The summed E-state index contributed by atoms with van der Waals surface area (Å²) >= 11 is 12.1. The van der Waals surface area contributed by atoms with Crippen molar-refractivity contribution in [3.63, 3.8) is 0 Å². The number of hydrogen-bond donors (Lipinski definition) is 0. The number of carbonyl (C=O) groups excluding carboxylic acids is 1. The molecule has 9 heteroatoms. The summed E-state index contributed by atoms with van der Waals surface area (Å²) in [5.74, 6) is 0.292. The topological polar surface area (TPSA) is 66.9 Å². The van der Waals surface area contributed by atoms with Crippen molar-refractivity contribution in [1.29, 1.82) is 0 Å². The van der Waals surface area contributed by atoms with Gasteiger partial charge in [0, 0.05) is 26.2 Å². The van der Waals surface area contributed by atoms with Gasteiger partial charge in [0.05, 0.1) is 22.7 Å². The molecule has 0 N–H and O–H groups in total. The van der Waals surface area contributed by atoms with Crippen molar-refractivity contribution in [2.75, 3.05) is 33.3 Å². The number of halogens is 2. The summed E-state index contributed by atoms with van der Waals surface area (Å²) < 4.78 is 32.4. The molecule has 6 nitrogen and oxygen atoms in total. The Morgan fingerprint density at radius 3 is 2.15 bits per heavy atom. The van der Waals surface area contributed by atoms with Crippen molar-refractivity contribution in [1.82, 2.24) is 9.21 Å². The van der Waals surface area contributed by atoms with Crippen molar-refractivity contribution in [3.8, 4) is 5.75 Å². The lowest BCUT2D eigenvalue weighted by Gasteiger charge is -2.34. The number of nitrogens with zero attached hydrogens (tertiary/aromatic N) is 2. The average molecular weight is 429 g/mol. The molecule has 0 aliphatic carbocycles. The molecule has 1 amide bonds. The van der Waals surface area contributed by atoms with Crippen molar-refractivity contribution in [2.24, 2.45) is 0 Å². The van der Waals surface area contributed by atoms with E-state index in [0.29, 0.717) is 11.3 Å². The van der Waals surface area contributed by atoms with E-state index < -0.39 is 10.0 Å². The van der Waals surface area contributed by atoms with E-state index in [2.05, 4.69) is 0 Å². The molecule has 0 bridgehead atoms. The van der Waals surface area contributed by atoms with Gasteiger partial charge in [0.15, 0.2) is 0 Å². The van der Waals surface area contributed by atoms with Gasteiger partial charge in [-0.2, -0.15) is 4.31 Å². The highest BCUT2D eigenvalue weighted by Gasteiger charge is 2.33. The van der Waals surface area contributed by atoms with Gasteiger partial charge in [0.25, 0.3) is 5.91 Å². The van der Waals surface area contributed by atoms with Crippen LogP contribution in [0.15, 0.2) is 47.4 Å². The van der Waals surface area contributed by atoms with Crippen LogP contribution in [0, 0.1) is 0 Å². The Balaban J connectivity index is 1.76. The van der Waals surface area contributed by atoms with Crippen LogP contribution in [-0.4, -0.2) is 56.8 Å². The Bertz CT molecular complexity index is 937. The lowest BCUT2D eigenvalue weighted by molar-refractivity contribution is 0.0694. The Morgan fingerprint density at radius 1 is 0.963 bits per heavy atom. The fourth-order valence-electron chi connectivity index (χ4n) is 2.98. The first-order valence-corrected chi connectivity index (χ1v) is 10.4. The van der Waals surface area contributed by atoms with Crippen LogP contribution < -0.4 is 4.74 Å². The minimum atomic E-state index is -3.84. The number of rotatable bonds is 4. The van der Waals surface area contributed by atoms with E-state index in [1.807, 2.05) is 0 Å². The van der Waals surface area contributed by atoms with Gasteiger partial charge < -0.3 is 9.64 Å². The first kappa shape index (κ1) is 19.9. The molecule has 1 fully saturated rings. The number of hydrogen-bond acceptors (Lipinski definition) is 4. The average Bonchev–Trinajstić information content (AvgIpc) is 2.67. The summed E-state index contributed by atoms with van der Waals surface area (Å²) in [6, 6.07) is 11.5. The predicted molar refractivity (Wildman–Crippen MR) is 104 cm³/mol. The second kappa shape index (κ2) is 8.06. The molecule has 1 heterocycles. The molecule has 1 aliphatic heterocycles. The molecule has 144 valence electrons. The van der Waals surface area contributed by atoms with Gasteiger partial charge in [-0.25, -0.2) is 8.42 Å². The number of piperazine rings is 1. The number of amides is 1. The number of para-hydroxylation sites is 1. The molecule has 1 saturated heterocycles. The molecule has 0 aromatic heterocycles. The van der Waals surface area contributed by atoms with E-state index in [1.165, 1.54) is 23.5 Å². The molecule has 1 aliphatic rings. The predicted octanol–water partition coefficient (Wildman–Crippen LogP) is 3.15. The maximum Gasteiger partial charge on any atom is 0.257 e. The fourth-order valence-corrected chi connectivity index (χ4v) is 5.49. The lowest BCUT2D eigenvalue weighted by atomic mass is 10.1. The Hall–Kier alpha value is -1.80. The van der Waals surface area contributed by atoms with E-state index in [1.54, 1.807) is 35.2 Å². The summed E-state index contributed by atoms with van der Waals surface area (Å²) in [6.45, 7) is 0.839. The smallest absolute Gasteiger partial charge is 0.257 e. The number of ether oxygens (including phenoxy) is 1. The molecule has 0 atom stereocenters. The molecule has 0 radical (unpaired) electrons.